The molecule has 0 amide bonds. The second-order valence-electron chi connectivity index (χ2n) is 4.17. The van der Waals surface area contributed by atoms with Crippen LogP contribution < -0.4 is 5.32 Å². The van der Waals surface area contributed by atoms with Gasteiger partial charge in [0.05, 0.1) is 10.5 Å². The Morgan fingerprint density at radius 2 is 2.07 bits per heavy atom. The highest BCUT2D eigenvalue weighted by Gasteiger charge is 2.40. The first-order chi connectivity index (χ1) is 6.83. The van der Waals surface area contributed by atoms with Crippen LogP contribution in [0.25, 0.3) is 0 Å². The molecule has 14 heavy (non-hydrogen) atoms. The highest BCUT2D eigenvalue weighted by Crippen LogP contribution is 2.41. The summed E-state index contributed by atoms with van der Waals surface area (Å²) < 4.78 is 0.949. The Balaban J connectivity index is 1.86. The molecule has 0 radical (unpaired) electrons. The van der Waals surface area contributed by atoms with Crippen molar-refractivity contribution in [2.24, 2.45) is 5.92 Å². The summed E-state index contributed by atoms with van der Waals surface area (Å²) in [5.41, 5.74) is 0. The van der Waals surface area contributed by atoms with Crippen LogP contribution in [0.4, 0.5) is 0 Å². The average molecular weight is 254 g/mol. The Bertz CT molecular complexity index is 338. The van der Waals surface area contributed by atoms with E-state index < -0.39 is 0 Å². The molecule has 74 valence electrons. The van der Waals surface area contributed by atoms with Crippen molar-refractivity contribution in [3.8, 4) is 0 Å². The second-order valence-corrected chi connectivity index (χ2v) is 5.09. The van der Waals surface area contributed by atoms with Gasteiger partial charge in [0.2, 0.25) is 0 Å². The van der Waals surface area contributed by atoms with Gasteiger partial charge in [0.25, 0.3) is 0 Å². The van der Waals surface area contributed by atoms with E-state index in [2.05, 4.69) is 31.2 Å². The molecule has 3 rings (SSSR count). The van der Waals surface area contributed by atoms with Crippen molar-refractivity contribution in [1.29, 1.82) is 0 Å². The zero-order chi connectivity index (χ0) is 9.54. The van der Waals surface area contributed by atoms with Crippen molar-refractivity contribution in [3.05, 3.63) is 22.7 Å². The summed E-state index contributed by atoms with van der Waals surface area (Å²) in [4.78, 5) is 8.72. The minimum atomic E-state index is 0.404. The first-order valence-corrected chi connectivity index (χ1v) is 5.86. The summed E-state index contributed by atoms with van der Waals surface area (Å²) in [5, 5.41) is 3.59. The third-order valence-corrected chi connectivity index (χ3v) is 3.69. The van der Waals surface area contributed by atoms with E-state index in [1.54, 1.807) is 0 Å². The number of rotatable bonds is 1. The highest BCUT2D eigenvalue weighted by molar-refractivity contribution is 9.10. The Morgan fingerprint density at radius 3 is 2.64 bits per heavy atom. The summed E-state index contributed by atoms with van der Waals surface area (Å²) in [6.45, 7) is 0. The molecule has 2 heterocycles. The van der Waals surface area contributed by atoms with E-state index in [0.29, 0.717) is 6.04 Å². The van der Waals surface area contributed by atoms with Gasteiger partial charge < -0.3 is 5.32 Å². The Labute approximate surface area is 91.5 Å². The van der Waals surface area contributed by atoms with Crippen molar-refractivity contribution in [2.45, 2.75) is 31.3 Å². The summed E-state index contributed by atoms with van der Waals surface area (Å²) in [5.74, 6) is 1.72. The molecular formula is C10H12BrN3. The number of halogens is 1. The molecular weight excluding hydrogens is 242 g/mol. The Morgan fingerprint density at radius 1 is 1.29 bits per heavy atom. The number of piperidine rings is 1. The molecule has 0 spiro atoms. The zero-order valence-corrected chi connectivity index (χ0v) is 9.37. The summed E-state index contributed by atoms with van der Waals surface area (Å²) in [7, 11) is 0. The molecule has 3 atom stereocenters. The lowest BCUT2D eigenvalue weighted by molar-refractivity contribution is 0.377. The molecule has 1 aromatic rings. The molecule has 1 aliphatic carbocycles. The van der Waals surface area contributed by atoms with Gasteiger partial charge in [0.1, 0.15) is 5.82 Å². The summed E-state index contributed by atoms with van der Waals surface area (Å²) in [6.07, 6.45) is 7.63. The van der Waals surface area contributed by atoms with Crippen LogP contribution in [0.15, 0.2) is 16.9 Å². The van der Waals surface area contributed by atoms with Crippen LogP contribution in [-0.4, -0.2) is 16.0 Å². The number of fused-ring (bicyclic) bond motifs is 2. The number of aromatic nitrogens is 2. The summed E-state index contributed by atoms with van der Waals surface area (Å²) in [6, 6.07) is 1.12. The first-order valence-electron chi connectivity index (χ1n) is 5.06. The predicted molar refractivity (Wildman–Crippen MR) is 56.7 cm³/mol. The molecule has 2 fully saturated rings. The quantitative estimate of drug-likeness (QED) is 0.833. The lowest BCUT2D eigenvalue weighted by Crippen LogP contribution is -2.29. The fourth-order valence-corrected chi connectivity index (χ4v) is 2.83. The molecule has 1 saturated carbocycles. The number of nitrogens with zero attached hydrogens (tertiary/aromatic N) is 2. The smallest absolute Gasteiger partial charge is 0.145 e. The van der Waals surface area contributed by atoms with Gasteiger partial charge in [-0.3, -0.25) is 0 Å². The third-order valence-electron chi connectivity index (χ3n) is 3.28. The first kappa shape index (κ1) is 8.80. The largest absolute Gasteiger partial charge is 0.304 e. The van der Waals surface area contributed by atoms with E-state index >= 15 is 0 Å². The topological polar surface area (TPSA) is 37.8 Å². The van der Waals surface area contributed by atoms with Gasteiger partial charge in [-0.2, -0.15) is 0 Å². The fraction of sp³-hybridized carbons (Fsp3) is 0.600. The normalized spacial score (nSPS) is 35.1. The van der Waals surface area contributed by atoms with E-state index in [4.69, 9.17) is 0 Å². The summed E-state index contributed by atoms with van der Waals surface area (Å²) >= 11 is 3.35. The highest BCUT2D eigenvalue weighted by atomic mass is 79.9. The average Bonchev–Trinajstić information content (AvgIpc) is 2.80. The van der Waals surface area contributed by atoms with Crippen molar-refractivity contribution in [3.63, 3.8) is 0 Å². The van der Waals surface area contributed by atoms with Gasteiger partial charge in [-0.05, 0) is 41.1 Å². The molecule has 1 N–H and O–H groups in total. The van der Waals surface area contributed by atoms with Crippen LogP contribution >= 0.6 is 15.9 Å². The predicted octanol–water partition coefficient (Wildman–Crippen LogP) is 2.05. The van der Waals surface area contributed by atoms with Crippen molar-refractivity contribution < 1.29 is 0 Å². The van der Waals surface area contributed by atoms with Gasteiger partial charge in [-0.25, -0.2) is 9.97 Å². The standard InChI is InChI=1S/C10H12BrN3/c11-7-4-12-10(13-5-7)9-6-1-2-8(3-6)14-9/h4-6,8-9,14H,1-3H2/t6-,8+,9-/m1/s1. The van der Waals surface area contributed by atoms with Gasteiger partial charge in [0, 0.05) is 18.4 Å². The van der Waals surface area contributed by atoms with Crippen LogP contribution in [0, 0.1) is 5.92 Å². The van der Waals surface area contributed by atoms with Crippen molar-refractivity contribution in [1.82, 2.24) is 15.3 Å². The van der Waals surface area contributed by atoms with Crippen LogP contribution in [0.2, 0.25) is 0 Å². The molecule has 2 bridgehead atoms. The van der Waals surface area contributed by atoms with Crippen LogP contribution in [0.3, 0.4) is 0 Å². The Hall–Kier alpha value is -0.480. The van der Waals surface area contributed by atoms with Gasteiger partial charge in [0.15, 0.2) is 0 Å². The van der Waals surface area contributed by atoms with Crippen molar-refractivity contribution >= 4 is 15.9 Å². The second kappa shape index (κ2) is 3.28. The van der Waals surface area contributed by atoms with Gasteiger partial charge in [-0.1, -0.05) is 0 Å². The van der Waals surface area contributed by atoms with E-state index in [9.17, 15) is 0 Å². The third kappa shape index (κ3) is 1.37. The lowest BCUT2D eigenvalue weighted by atomic mass is 9.99. The zero-order valence-electron chi connectivity index (χ0n) is 7.78. The van der Waals surface area contributed by atoms with E-state index in [0.717, 1.165) is 22.3 Å². The minimum absolute atomic E-state index is 0.404. The molecule has 1 saturated heterocycles. The SMILES string of the molecule is Brc1cnc([C@@H]2N[C@H]3CC[C@@H]2C3)nc1. The molecule has 1 aromatic heterocycles. The minimum Gasteiger partial charge on any atom is -0.304 e. The fourth-order valence-electron chi connectivity index (χ4n) is 2.63. The van der Waals surface area contributed by atoms with E-state index in [1.165, 1.54) is 19.3 Å². The van der Waals surface area contributed by atoms with Gasteiger partial charge in [-0.15, -0.1) is 0 Å². The number of hydrogen-bond acceptors (Lipinski definition) is 3. The number of hydrogen-bond donors (Lipinski definition) is 1. The van der Waals surface area contributed by atoms with Crippen molar-refractivity contribution in [2.75, 3.05) is 0 Å². The molecule has 3 nitrogen and oxygen atoms in total. The molecule has 0 aromatic carbocycles. The van der Waals surface area contributed by atoms with Crippen LogP contribution in [-0.2, 0) is 0 Å². The molecule has 1 aliphatic heterocycles. The Kier molecular flexibility index (Phi) is 2.06. The molecule has 4 heteroatoms. The maximum Gasteiger partial charge on any atom is 0.145 e. The maximum atomic E-state index is 4.36. The molecule has 2 aliphatic rings. The van der Waals surface area contributed by atoms with E-state index in [-0.39, 0.29) is 0 Å². The molecule has 0 unspecified atom stereocenters. The monoisotopic (exact) mass is 253 g/mol. The van der Waals surface area contributed by atoms with Crippen LogP contribution in [0.1, 0.15) is 31.1 Å². The number of nitrogens with one attached hydrogen (secondary N) is 1. The van der Waals surface area contributed by atoms with Crippen LogP contribution in [0.5, 0.6) is 0 Å². The van der Waals surface area contributed by atoms with E-state index in [1.807, 2.05) is 12.4 Å². The lowest BCUT2D eigenvalue weighted by Gasteiger charge is -2.21. The maximum absolute atomic E-state index is 4.36. The van der Waals surface area contributed by atoms with Gasteiger partial charge >= 0.3 is 0 Å².